The molecule has 1 aliphatic heterocycles. The first-order valence-electron chi connectivity index (χ1n) is 7.03. The highest BCUT2D eigenvalue weighted by Gasteiger charge is 2.34. The predicted octanol–water partition coefficient (Wildman–Crippen LogP) is 3.37. The zero-order chi connectivity index (χ0) is 14.8. The molecule has 1 atom stereocenters. The molecule has 2 N–H and O–H groups in total. The molecular weight excluding hydrogens is 340 g/mol. The molecule has 6 heteroatoms. The maximum Gasteiger partial charge on any atom is 0.244 e. The van der Waals surface area contributed by atoms with Gasteiger partial charge in [-0.2, -0.15) is 4.31 Å². The highest BCUT2D eigenvalue weighted by Crippen LogP contribution is 2.32. The van der Waals surface area contributed by atoms with Crippen molar-refractivity contribution in [2.24, 2.45) is 0 Å². The van der Waals surface area contributed by atoms with E-state index < -0.39 is 10.0 Å². The quantitative estimate of drug-likeness (QED) is 0.837. The lowest BCUT2D eigenvalue weighted by Gasteiger charge is -2.34. The van der Waals surface area contributed by atoms with Crippen molar-refractivity contribution in [2.75, 3.05) is 12.3 Å². The van der Waals surface area contributed by atoms with Crippen LogP contribution in [0, 0.1) is 0 Å². The largest absolute Gasteiger partial charge is 0.399 e. The Balaban J connectivity index is 2.39. The van der Waals surface area contributed by atoms with Crippen LogP contribution in [-0.4, -0.2) is 25.3 Å². The molecule has 2 rings (SSSR count). The summed E-state index contributed by atoms with van der Waals surface area (Å²) >= 11 is 3.33. The monoisotopic (exact) mass is 360 g/mol. The first kappa shape index (κ1) is 15.8. The fraction of sp³-hybridized carbons (Fsp3) is 0.571. The molecule has 1 unspecified atom stereocenters. The number of hydrogen-bond acceptors (Lipinski definition) is 3. The van der Waals surface area contributed by atoms with Gasteiger partial charge in [0.1, 0.15) is 0 Å². The Morgan fingerprint density at radius 2 is 2.15 bits per heavy atom. The molecule has 1 saturated heterocycles. The molecule has 1 aromatic rings. The average molecular weight is 361 g/mol. The lowest BCUT2D eigenvalue weighted by molar-refractivity contribution is 0.239. The summed E-state index contributed by atoms with van der Waals surface area (Å²) in [6.07, 6.45) is 4.90. The van der Waals surface area contributed by atoms with Gasteiger partial charge in [0, 0.05) is 22.7 Å². The van der Waals surface area contributed by atoms with Crippen LogP contribution in [-0.2, 0) is 10.0 Å². The molecule has 0 saturated carbocycles. The summed E-state index contributed by atoms with van der Waals surface area (Å²) in [5.74, 6) is 0. The molecule has 0 bridgehead atoms. The molecule has 112 valence electrons. The number of benzene rings is 1. The Labute approximate surface area is 129 Å². The predicted molar refractivity (Wildman–Crippen MR) is 85.0 cm³/mol. The first-order chi connectivity index (χ1) is 9.46. The van der Waals surface area contributed by atoms with Crippen LogP contribution >= 0.6 is 15.9 Å². The molecule has 1 heterocycles. The van der Waals surface area contributed by atoms with Crippen molar-refractivity contribution in [2.45, 2.75) is 50.0 Å². The van der Waals surface area contributed by atoms with Gasteiger partial charge in [-0.25, -0.2) is 8.42 Å². The van der Waals surface area contributed by atoms with E-state index in [2.05, 4.69) is 22.9 Å². The number of hydrogen-bond donors (Lipinski definition) is 1. The Kier molecular flexibility index (Phi) is 5.09. The molecular formula is C14H21BrN2O2S. The van der Waals surface area contributed by atoms with Gasteiger partial charge < -0.3 is 5.73 Å². The topological polar surface area (TPSA) is 63.4 Å². The molecule has 4 nitrogen and oxygen atoms in total. The number of nitrogens with zero attached hydrogens (tertiary/aromatic N) is 1. The molecule has 0 amide bonds. The fourth-order valence-corrected chi connectivity index (χ4v) is 5.44. The van der Waals surface area contributed by atoms with Crippen molar-refractivity contribution in [3.05, 3.63) is 22.7 Å². The number of anilines is 1. The summed E-state index contributed by atoms with van der Waals surface area (Å²) in [4.78, 5) is 0.278. The summed E-state index contributed by atoms with van der Waals surface area (Å²) in [5.41, 5.74) is 6.21. The van der Waals surface area contributed by atoms with Crippen LogP contribution in [0.3, 0.4) is 0 Å². The number of sulfonamides is 1. The number of nitrogen functional groups attached to an aromatic ring is 1. The van der Waals surface area contributed by atoms with Crippen LogP contribution in [0.4, 0.5) is 5.69 Å². The molecule has 1 aliphatic rings. The van der Waals surface area contributed by atoms with Gasteiger partial charge in [-0.3, -0.25) is 0 Å². The van der Waals surface area contributed by atoms with Gasteiger partial charge in [0.25, 0.3) is 0 Å². The summed E-state index contributed by atoms with van der Waals surface area (Å²) in [7, 11) is -3.48. The zero-order valence-corrected chi connectivity index (χ0v) is 14.1. The molecule has 20 heavy (non-hydrogen) atoms. The molecule has 0 aromatic heterocycles. The normalized spacial score (nSPS) is 21.0. The second-order valence-electron chi connectivity index (χ2n) is 5.24. The van der Waals surface area contributed by atoms with Crippen molar-refractivity contribution in [1.29, 1.82) is 0 Å². The van der Waals surface area contributed by atoms with Crippen LogP contribution in [0.15, 0.2) is 27.6 Å². The van der Waals surface area contributed by atoms with Gasteiger partial charge in [-0.15, -0.1) is 0 Å². The van der Waals surface area contributed by atoms with Gasteiger partial charge in [-0.05, 0) is 53.4 Å². The standard InChI is InChI=1S/C14H21BrN2O2S/c1-2-5-12-6-3-4-9-17(12)20(18,19)14-10-11(16)7-8-13(14)15/h7-8,10,12H,2-6,9,16H2,1H3. The minimum absolute atomic E-state index is 0.118. The molecule has 1 fully saturated rings. The summed E-state index contributed by atoms with van der Waals surface area (Å²) < 4.78 is 28.0. The summed E-state index contributed by atoms with van der Waals surface area (Å²) in [6.45, 7) is 2.70. The Morgan fingerprint density at radius 1 is 1.40 bits per heavy atom. The van der Waals surface area contributed by atoms with E-state index in [1.54, 1.807) is 16.4 Å². The van der Waals surface area contributed by atoms with Crippen molar-refractivity contribution in [3.8, 4) is 0 Å². The van der Waals surface area contributed by atoms with Crippen LogP contribution in [0.25, 0.3) is 0 Å². The number of nitrogens with two attached hydrogens (primary N) is 1. The second kappa shape index (κ2) is 6.45. The molecule has 1 aromatic carbocycles. The number of rotatable bonds is 4. The third-order valence-electron chi connectivity index (χ3n) is 3.74. The van der Waals surface area contributed by atoms with Crippen LogP contribution in [0.5, 0.6) is 0 Å². The van der Waals surface area contributed by atoms with Gasteiger partial charge in [-0.1, -0.05) is 19.8 Å². The maximum atomic E-state index is 12.9. The first-order valence-corrected chi connectivity index (χ1v) is 9.27. The van der Waals surface area contributed by atoms with E-state index in [9.17, 15) is 8.42 Å². The SMILES string of the molecule is CCCC1CCCCN1S(=O)(=O)c1cc(N)ccc1Br. The van der Waals surface area contributed by atoms with Crippen LogP contribution in [0.2, 0.25) is 0 Å². The van der Waals surface area contributed by atoms with Crippen molar-refractivity contribution >= 4 is 31.6 Å². The van der Waals surface area contributed by atoms with E-state index in [0.29, 0.717) is 16.7 Å². The molecule has 0 spiro atoms. The van der Waals surface area contributed by atoms with Gasteiger partial charge in [0.05, 0.1) is 4.90 Å². The lowest BCUT2D eigenvalue weighted by atomic mass is 10.0. The Hall–Kier alpha value is -0.590. The fourth-order valence-electron chi connectivity index (χ4n) is 2.76. The third-order valence-corrected chi connectivity index (χ3v) is 6.68. The lowest BCUT2D eigenvalue weighted by Crippen LogP contribution is -2.43. The molecule has 0 radical (unpaired) electrons. The van der Waals surface area contributed by atoms with Crippen molar-refractivity contribution < 1.29 is 8.42 Å². The maximum absolute atomic E-state index is 12.9. The summed E-state index contributed by atoms with van der Waals surface area (Å²) in [5, 5.41) is 0. The highest BCUT2D eigenvalue weighted by atomic mass is 79.9. The minimum atomic E-state index is -3.48. The highest BCUT2D eigenvalue weighted by molar-refractivity contribution is 9.10. The average Bonchev–Trinajstić information content (AvgIpc) is 2.42. The van der Waals surface area contributed by atoms with Gasteiger partial charge in [0.2, 0.25) is 10.0 Å². The van der Waals surface area contributed by atoms with Crippen LogP contribution in [0.1, 0.15) is 39.0 Å². The number of piperidine rings is 1. The van der Waals surface area contributed by atoms with E-state index in [1.165, 1.54) is 6.07 Å². The summed E-state index contributed by atoms with van der Waals surface area (Å²) in [6, 6.07) is 5.05. The van der Waals surface area contributed by atoms with Gasteiger partial charge >= 0.3 is 0 Å². The van der Waals surface area contributed by atoms with E-state index in [-0.39, 0.29) is 10.9 Å². The van der Waals surface area contributed by atoms with Crippen molar-refractivity contribution in [3.63, 3.8) is 0 Å². The van der Waals surface area contributed by atoms with Crippen molar-refractivity contribution in [1.82, 2.24) is 4.31 Å². The van der Waals surface area contributed by atoms with E-state index in [4.69, 9.17) is 5.73 Å². The third kappa shape index (κ3) is 3.18. The van der Waals surface area contributed by atoms with E-state index in [0.717, 1.165) is 32.1 Å². The molecule has 0 aliphatic carbocycles. The number of halogens is 1. The van der Waals surface area contributed by atoms with E-state index >= 15 is 0 Å². The Bertz CT molecular complexity index is 573. The van der Waals surface area contributed by atoms with Gasteiger partial charge in [0.15, 0.2) is 0 Å². The van der Waals surface area contributed by atoms with Crippen LogP contribution < -0.4 is 5.73 Å². The second-order valence-corrected chi connectivity index (χ2v) is 7.96. The smallest absolute Gasteiger partial charge is 0.244 e. The van der Waals surface area contributed by atoms with E-state index in [1.807, 2.05) is 0 Å². The minimum Gasteiger partial charge on any atom is -0.399 e. The Morgan fingerprint density at radius 3 is 2.85 bits per heavy atom. The zero-order valence-electron chi connectivity index (χ0n) is 11.7.